The summed E-state index contributed by atoms with van der Waals surface area (Å²) in [5.74, 6) is -0.365. The second kappa shape index (κ2) is 5.11. The third kappa shape index (κ3) is 2.21. The van der Waals surface area contributed by atoms with E-state index in [1.807, 2.05) is 0 Å². The number of para-hydroxylation sites is 1. The highest BCUT2D eigenvalue weighted by atomic mass is 35.5. The zero-order valence-corrected chi connectivity index (χ0v) is 11.6. The van der Waals surface area contributed by atoms with Crippen LogP contribution in [-0.4, -0.2) is 20.5 Å². The van der Waals surface area contributed by atoms with Gasteiger partial charge in [0.1, 0.15) is 5.69 Å². The van der Waals surface area contributed by atoms with E-state index in [2.05, 4.69) is 15.4 Å². The van der Waals surface area contributed by atoms with Gasteiger partial charge in [-0.3, -0.25) is 4.79 Å². The lowest BCUT2D eigenvalue weighted by Crippen LogP contribution is -2.17. The minimum absolute atomic E-state index is 0.344. The molecule has 0 atom stereocenters. The van der Waals surface area contributed by atoms with E-state index in [1.54, 1.807) is 42.7 Å². The van der Waals surface area contributed by atoms with E-state index in [0.717, 1.165) is 0 Å². The number of nitrogens with zero attached hydrogens (tertiary/aromatic N) is 3. The molecule has 0 saturated heterocycles. The lowest BCUT2D eigenvalue weighted by Gasteiger charge is -2.09. The van der Waals surface area contributed by atoms with Gasteiger partial charge in [0.25, 0.3) is 5.91 Å². The van der Waals surface area contributed by atoms with Crippen LogP contribution in [0.1, 0.15) is 10.5 Å². The van der Waals surface area contributed by atoms with Crippen molar-refractivity contribution >= 4 is 40.4 Å². The molecule has 0 fully saturated rings. The Morgan fingerprint density at radius 1 is 1.10 bits per heavy atom. The first-order chi connectivity index (χ1) is 9.66. The quantitative estimate of drug-likeness (QED) is 0.790. The number of aromatic nitrogens is 3. The molecule has 100 valence electrons. The molecule has 7 heteroatoms. The summed E-state index contributed by atoms with van der Waals surface area (Å²) in [5.41, 5.74) is 1.30. The van der Waals surface area contributed by atoms with Crippen LogP contribution in [0.25, 0.3) is 5.65 Å². The number of carbonyl (C=O) groups is 1. The molecule has 20 heavy (non-hydrogen) atoms. The van der Waals surface area contributed by atoms with Crippen LogP contribution in [-0.2, 0) is 0 Å². The maximum absolute atomic E-state index is 12.3. The molecule has 0 bridgehead atoms. The zero-order chi connectivity index (χ0) is 14.1. The molecule has 0 saturated carbocycles. The van der Waals surface area contributed by atoms with Crippen molar-refractivity contribution in [3.05, 3.63) is 58.5 Å². The second-order valence-electron chi connectivity index (χ2n) is 3.98. The van der Waals surface area contributed by atoms with Crippen molar-refractivity contribution in [2.24, 2.45) is 0 Å². The molecule has 0 radical (unpaired) electrons. The van der Waals surface area contributed by atoms with E-state index < -0.39 is 0 Å². The highest BCUT2D eigenvalue weighted by Gasteiger charge is 2.14. The lowest BCUT2D eigenvalue weighted by molar-refractivity contribution is 0.102. The second-order valence-corrected chi connectivity index (χ2v) is 4.80. The van der Waals surface area contributed by atoms with E-state index >= 15 is 0 Å². The molecule has 1 amide bonds. The fraction of sp³-hybridized carbons (Fsp3) is 0. The molecule has 3 aromatic rings. The van der Waals surface area contributed by atoms with Gasteiger partial charge >= 0.3 is 0 Å². The first-order valence-corrected chi connectivity index (χ1v) is 6.46. The molecule has 2 heterocycles. The van der Waals surface area contributed by atoms with Crippen molar-refractivity contribution in [3.8, 4) is 0 Å². The van der Waals surface area contributed by atoms with Gasteiger partial charge in [-0.25, -0.2) is 9.50 Å². The molecule has 0 spiro atoms. The molecule has 5 nitrogen and oxygen atoms in total. The van der Waals surface area contributed by atoms with Crippen molar-refractivity contribution in [1.29, 1.82) is 0 Å². The molecule has 1 N–H and O–H groups in total. The number of anilines is 1. The number of rotatable bonds is 2. The van der Waals surface area contributed by atoms with Gasteiger partial charge in [0.05, 0.1) is 21.9 Å². The minimum Gasteiger partial charge on any atom is -0.318 e. The average Bonchev–Trinajstić information content (AvgIpc) is 2.91. The SMILES string of the molecule is O=C(Nc1c(Cl)cccc1Cl)c1ccnc2ccnn12. The van der Waals surface area contributed by atoms with Gasteiger partial charge in [0.2, 0.25) is 0 Å². The number of amides is 1. The standard InChI is InChI=1S/C13H8Cl2N4O/c14-8-2-1-3-9(15)12(8)18-13(20)10-4-6-16-11-5-7-17-19(10)11/h1-7H,(H,18,20). The first kappa shape index (κ1) is 12.9. The number of halogens is 2. The molecule has 3 rings (SSSR count). The summed E-state index contributed by atoms with van der Waals surface area (Å²) in [5, 5.41) is 7.48. The Kier molecular flexibility index (Phi) is 3.30. The molecular weight excluding hydrogens is 299 g/mol. The number of hydrogen-bond acceptors (Lipinski definition) is 3. The average molecular weight is 307 g/mol. The maximum Gasteiger partial charge on any atom is 0.274 e. The highest BCUT2D eigenvalue weighted by molar-refractivity contribution is 6.40. The molecular formula is C13H8Cl2N4O. The molecule has 0 aliphatic rings. The largest absolute Gasteiger partial charge is 0.318 e. The summed E-state index contributed by atoms with van der Waals surface area (Å²) in [4.78, 5) is 16.4. The summed E-state index contributed by atoms with van der Waals surface area (Å²) < 4.78 is 1.44. The summed E-state index contributed by atoms with van der Waals surface area (Å²) in [6, 6.07) is 8.29. The number of carbonyl (C=O) groups excluding carboxylic acids is 1. The van der Waals surface area contributed by atoms with Crippen molar-refractivity contribution < 1.29 is 4.79 Å². The van der Waals surface area contributed by atoms with Gasteiger partial charge in [-0.15, -0.1) is 0 Å². The number of fused-ring (bicyclic) bond motifs is 1. The van der Waals surface area contributed by atoms with Gasteiger partial charge in [0.15, 0.2) is 5.65 Å². The zero-order valence-electron chi connectivity index (χ0n) is 10.0. The van der Waals surface area contributed by atoms with Crippen LogP contribution in [0.15, 0.2) is 42.7 Å². The lowest BCUT2D eigenvalue weighted by atomic mass is 10.3. The molecule has 0 aliphatic heterocycles. The van der Waals surface area contributed by atoms with E-state index in [9.17, 15) is 4.79 Å². The van der Waals surface area contributed by atoms with E-state index in [1.165, 1.54) is 4.52 Å². The Hall–Kier alpha value is -2.11. The molecule has 1 aromatic carbocycles. The van der Waals surface area contributed by atoms with Crippen molar-refractivity contribution in [2.75, 3.05) is 5.32 Å². The Morgan fingerprint density at radius 2 is 1.85 bits per heavy atom. The van der Waals surface area contributed by atoms with E-state index in [-0.39, 0.29) is 5.91 Å². The smallest absolute Gasteiger partial charge is 0.274 e. The Balaban J connectivity index is 2.00. The number of hydrogen-bond donors (Lipinski definition) is 1. The van der Waals surface area contributed by atoms with Crippen LogP contribution >= 0.6 is 23.2 Å². The number of nitrogens with one attached hydrogen (secondary N) is 1. The van der Waals surface area contributed by atoms with Crippen molar-refractivity contribution in [2.45, 2.75) is 0 Å². The maximum atomic E-state index is 12.3. The summed E-state index contributed by atoms with van der Waals surface area (Å²) in [7, 11) is 0. The fourth-order valence-corrected chi connectivity index (χ4v) is 2.29. The Labute approximate surface area is 124 Å². The van der Waals surface area contributed by atoms with Crippen LogP contribution in [0.4, 0.5) is 5.69 Å². The monoisotopic (exact) mass is 306 g/mol. The third-order valence-electron chi connectivity index (χ3n) is 2.72. The van der Waals surface area contributed by atoms with E-state index in [0.29, 0.717) is 27.1 Å². The van der Waals surface area contributed by atoms with Crippen LogP contribution in [0, 0.1) is 0 Å². The van der Waals surface area contributed by atoms with Gasteiger partial charge in [-0.05, 0) is 18.2 Å². The van der Waals surface area contributed by atoms with Crippen LogP contribution in [0.3, 0.4) is 0 Å². The fourth-order valence-electron chi connectivity index (χ4n) is 1.80. The Bertz CT molecular complexity index is 780. The van der Waals surface area contributed by atoms with Gasteiger partial charge in [-0.2, -0.15) is 5.10 Å². The van der Waals surface area contributed by atoms with Crippen LogP contribution < -0.4 is 5.32 Å². The molecule has 0 unspecified atom stereocenters. The Morgan fingerprint density at radius 3 is 2.60 bits per heavy atom. The predicted octanol–water partition coefficient (Wildman–Crippen LogP) is 3.29. The van der Waals surface area contributed by atoms with Crippen LogP contribution in [0.5, 0.6) is 0 Å². The van der Waals surface area contributed by atoms with Gasteiger partial charge < -0.3 is 5.32 Å². The third-order valence-corrected chi connectivity index (χ3v) is 3.35. The summed E-state index contributed by atoms with van der Waals surface area (Å²) in [6.07, 6.45) is 3.11. The molecule has 0 aliphatic carbocycles. The van der Waals surface area contributed by atoms with Crippen molar-refractivity contribution in [1.82, 2.24) is 14.6 Å². The minimum atomic E-state index is -0.365. The normalized spacial score (nSPS) is 10.7. The molecule has 2 aromatic heterocycles. The van der Waals surface area contributed by atoms with Crippen molar-refractivity contribution in [3.63, 3.8) is 0 Å². The van der Waals surface area contributed by atoms with Gasteiger partial charge in [-0.1, -0.05) is 29.3 Å². The summed E-state index contributed by atoms with van der Waals surface area (Å²) in [6.45, 7) is 0. The van der Waals surface area contributed by atoms with Crippen LogP contribution in [0.2, 0.25) is 10.0 Å². The van der Waals surface area contributed by atoms with E-state index in [4.69, 9.17) is 23.2 Å². The number of benzene rings is 1. The predicted molar refractivity (Wildman–Crippen MR) is 77.4 cm³/mol. The first-order valence-electron chi connectivity index (χ1n) is 5.71. The highest BCUT2D eigenvalue weighted by Crippen LogP contribution is 2.30. The summed E-state index contributed by atoms with van der Waals surface area (Å²) >= 11 is 12.0. The van der Waals surface area contributed by atoms with Gasteiger partial charge in [0, 0.05) is 12.3 Å². The topological polar surface area (TPSA) is 59.3 Å².